The van der Waals surface area contributed by atoms with Crippen molar-refractivity contribution < 1.29 is 4.79 Å². The average Bonchev–Trinajstić information content (AvgIpc) is 2.69. The van der Waals surface area contributed by atoms with Crippen LogP contribution in [-0.2, 0) is 4.79 Å². The molecule has 0 aromatic carbocycles. The van der Waals surface area contributed by atoms with E-state index in [0.29, 0.717) is 6.42 Å². The smallest absolute Gasteiger partial charge is 0.225 e. The molecule has 1 aliphatic rings. The largest absolute Gasteiger partial charge is 0.331 e. The van der Waals surface area contributed by atoms with Crippen LogP contribution in [0.1, 0.15) is 31.2 Å². The SMILES string of the molecule is CC(C)N1C(=O)CC(N)C1c1ccc(Br)s1. The van der Waals surface area contributed by atoms with Crippen molar-refractivity contribution in [3.63, 3.8) is 0 Å². The predicted molar refractivity (Wildman–Crippen MR) is 69.3 cm³/mol. The van der Waals surface area contributed by atoms with Crippen LogP contribution in [0.15, 0.2) is 15.9 Å². The zero-order valence-electron chi connectivity index (χ0n) is 9.31. The van der Waals surface area contributed by atoms with Crippen molar-refractivity contribution in [2.24, 2.45) is 5.73 Å². The van der Waals surface area contributed by atoms with Gasteiger partial charge in [-0.3, -0.25) is 4.79 Å². The van der Waals surface area contributed by atoms with Gasteiger partial charge in [-0.2, -0.15) is 0 Å². The van der Waals surface area contributed by atoms with Crippen molar-refractivity contribution in [1.29, 1.82) is 0 Å². The van der Waals surface area contributed by atoms with Crippen LogP contribution in [0.3, 0.4) is 0 Å². The molecular formula is C11H15BrN2OS. The number of likely N-dealkylation sites (tertiary alicyclic amines) is 1. The van der Waals surface area contributed by atoms with Gasteiger partial charge in [-0.1, -0.05) is 0 Å². The Morgan fingerprint density at radius 2 is 2.25 bits per heavy atom. The van der Waals surface area contributed by atoms with Crippen molar-refractivity contribution in [2.45, 2.75) is 38.4 Å². The van der Waals surface area contributed by atoms with E-state index in [1.54, 1.807) is 11.3 Å². The van der Waals surface area contributed by atoms with E-state index in [9.17, 15) is 4.79 Å². The van der Waals surface area contributed by atoms with Crippen molar-refractivity contribution in [3.8, 4) is 0 Å². The van der Waals surface area contributed by atoms with Crippen LogP contribution in [0.5, 0.6) is 0 Å². The van der Waals surface area contributed by atoms with Crippen molar-refractivity contribution >= 4 is 33.2 Å². The Morgan fingerprint density at radius 3 is 2.75 bits per heavy atom. The van der Waals surface area contributed by atoms with E-state index >= 15 is 0 Å². The summed E-state index contributed by atoms with van der Waals surface area (Å²) < 4.78 is 1.08. The number of carbonyl (C=O) groups is 1. The van der Waals surface area contributed by atoms with E-state index in [0.717, 1.165) is 3.79 Å². The number of hydrogen-bond acceptors (Lipinski definition) is 3. The molecule has 2 rings (SSSR count). The van der Waals surface area contributed by atoms with Crippen LogP contribution in [0.4, 0.5) is 0 Å². The second-order valence-electron chi connectivity index (χ2n) is 4.35. The van der Waals surface area contributed by atoms with Gasteiger partial charge < -0.3 is 10.6 Å². The summed E-state index contributed by atoms with van der Waals surface area (Å²) in [5, 5.41) is 0. The van der Waals surface area contributed by atoms with Gasteiger partial charge in [0.05, 0.1) is 9.83 Å². The van der Waals surface area contributed by atoms with Gasteiger partial charge in [-0.25, -0.2) is 0 Å². The monoisotopic (exact) mass is 302 g/mol. The molecule has 1 aromatic rings. The van der Waals surface area contributed by atoms with Crippen molar-refractivity contribution in [3.05, 3.63) is 20.8 Å². The first-order chi connectivity index (χ1) is 7.50. The zero-order valence-corrected chi connectivity index (χ0v) is 11.7. The second-order valence-corrected chi connectivity index (χ2v) is 6.84. The maximum Gasteiger partial charge on any atom is 0.225 e. The number of nitrogens with two attached hydrogens (primary N) is 1. The minimum atomic E-state index is -0.0829. The lowest BCUT2D eigenvalue weighted by Crippen LogP contribution is -2.37. The number of nitrogens with zero attached hydrogens (tertiary/aromatic N) is 1. The first-order valence-electron chi connectivity index (χ1n) is 5.32. The van der Waals surface area contributed by atoms with E-state index < -0.39 is 0 Å². The molecule has 1 amide bonds. The highest BCUT2D eigenvalue weighted by molar-refractivity contribution is 9.11. The summed E-state index contributed by atoms with van der Waals surface area (Å²) in [5.41, 5.74) is 6.07. The third-order valence-electron chi connectivity index (χ3n) is 2.85. The predicted octanol–water partition coefficient (Wildman–Crippen LogP) is 2.52. The maximum absolute atomic E-state index is 11.9. The van der Waals surface area contributed by atoms with Gasteiger partial charge in [0.15, 0.2) is 0 Å². The lowest BCUT2D eigenvalue weighted by molar-refractivity contribution is -0.130. The molecule has 2 N–H and O–H groups in total. The molecule has 5 heteroatoms. The molecule has 1 aliphatic heterocycles. The van der Waals surface area contributed by atoms with Gasteiger partial charge in [-0.05, 0) is 41.9 Å². The minimum absolute atomic E-state index is 0.0452. The summed E-state index contributed by atoms with van der Waals surface area (Å²) in [7, 11) is 0. The number of hydrogen-bond donors (Lipinski definition) is 1. The van der Waals surface area contributed by atoms with Gasteiger partial charge in [0.25, 0.3) is 0 Å². The first-order valence-corrected chi connectivity index (χ1v) is 6.93. The van der Waals surface area contributed by atoms with Gasteiger partial charge in [0.2, 0.25) is 5.91 Å². The third-order valence-corrected chi connectivity index (χ3v) is 4.54. The average molecular weight is 303 g/mol. The van der Waals surface area contributed by atoms with Crippen molar-refractivity contribution in [1.82, 2.24) is 4.90 Å². The Labute approximate surface area is 108 Å². The fourth-order valence-corrected chi connectivity index (χ4v) is 3.82. The minimum Gasteiger partial charge on any atom is -0.331 e. The van der Waals surface area contributed by atoms with Crippen LogP contribution in [0.25, 0.3) is 0 Å². The van der Waals surface area contributed by atoms with E-state index in [2.05, 4.69) is 15.9 Å². The summed E-state index contributed by atoms with van der Waals surface area (Å²) in [6.07, 6.45) is 0.457. The summed E-state index contributed by atoms with van der Waals surface area (Å²) in [5.74, 6) is 0.164. The molecule has 1 saturated heterocycles. The van der Waals surface area contributed by atoms with E-state index in [1.807, 2.05) is 30.9 Å². The lowest BCUT2D eigenvalue weighted by atomic mass is 10.1. The molecule has 88 valence electrons. The van der Waals surface area contributed by atoms with Crippen LogP contribution >= 0.6 is 27.3 Å². The van der Waals surface area contributed by atoms with E-state index in [1.165, 1.54) is 4.88 Å². The molecule has 16 heavy (non-hydrogen) atoms. The molecule has 0 saturated carbocycles. The standard InChI is InChI=1S/C11H15BrN2OS/c1-6(2)14-10(15)5-7(13)11(14)8-3-4-9(12)16-8/h3-4,6-7,11H,5,13H2,1-2H3. The maximum atomic E-state index is 11.9. The topological polar surface area (TPSA) is 46.3 Å². The molecule has 0 radical (unpaired) electrons. The third kappa shape index (κ3) is 2.04. The zero-order chi connectivity index (χ0) is 11.9. The molecule has 0 bridgehead atoms. The quantitative estimate of drug-likeness (QED) is 0.912. The molecule has 2 atom stereocenters. The Hall–Kier alpha value is -0.390. The van der Waals surface area contributed by atoms with Gasteiger partial charge in [-0.15, -0.1) is 11.3 Å². The molecule has 0 aliphatic carbocycles. The molecule has 1 fully saturated rings. The molecule has 2 heterocycles. The molecular weight excluding hydrogens is 288 g/mol. The molecule has 0 spiro atoms. The summed E-state index contributed by atoms with van der Waals surface area (Å²) in [6, 6.07) is 4.22. The van der Waals surface area contributed by atoms with Crippen LogP contribution < -0.4 is 5.73 Å². The summed E-state index contributed by atoms with van der Waals surface area (Å²) >= 11 is 5.10. The van der Waals surface area contributed by atoms with Gasteiger partial charge >= 0.3 is 0 Å². The van der Waals surface area contributed by atoms with Gasteiger partial charge in [0.1, 0.15) is 0 Å². The highest BCUT2D eigenvalue weighted by Crippen LogP contribution is 2.38. The Bertz CT molecular complexity index is 404. The highest BCUT2D eigenvalue weighted by Gasteiger charge is 2.40. The molecule has 3 nitrogen and oxygen atoms in total. The number of halogens is 1. The lowest BCUT2D eigenvalue weighted by Gasteiger charge is -2.29. The summed E-state index contributed by atoms with van der Waals surface area (Å²) in [6.45, 7) is 4.07. The molecule has 1 aromatic heterocycles. The Balaban J connectivity index is 2.33. The number of rotatable bonds is 2. The number of amides is 1. The number of thiophene rings is 1. The van der Waals surface area contributed by atoms with Crippen molar-refractivity contribution in [2.75, 3.05) is 0 Å². The van der Waals surface area contributed by atoms with Crippen LogP contribution in [-0.4, -0.2) is 22.9 Å². The normalized spacial score (nSPS) is 25.8. The fraction of sp³-hybridized carbons (Fsp3) is 0.545. The second kappa shape index (κ2) is 4.47. The van der Waals surface area contributed by atoms with Crippen LogP contribution in [0.2, 0.25) is 0 Å². The van der Waals surface area contributed by atoms with E-state index in [-0.39, 0.29) is 24.0 Å². The first kappa shape index (κ1) is 12.1. The Morgan fingerprint density at radius 1 is 1.56 bits per heavy atom. The molecule has 2 unspecified atom stereocenters. The Kier molecular flexibility index (Phi) is 3.37. The summed E-state index contributed by atoms with van der Waals surface area (Å²) in [4.78, 5) is 14.9. The van der Waals surface area contributed by atoms with E-state index in [4.69, 9.17) is 5.73 Å². The van der Waals surface area contributed by atoms with Crippen LogP contribution in [0, 0.1) is 0 Å². The van der Waals surface area contributed by atoms with Gasteiger partial charge in [0, 0.05) is 23.4 Å². The highest BCUT2D eigenvalue weighted by atomic mass is 79.9. The fourth-order valence-electron chi connectivity index (χ4n) is 2.22. The number of carbonyl (C=O) groups excluding carboxylic acids is 1.